The monoisotopic (exact) mass is 339 g/mol. The van der Waals surface area contributed by atoms with Crippen LogP contribution in [0.5, 0.6) is 5.75 Å². The third kappa shape index (κ3) is 4.07. The third-order valence-corrected chi connectivity index (χ3v) is 4.48. The highest BCUT2D eigenvalue weighted by molar-refractivity contribution is 7.14. The first-order valence-corrected chi connectivity index (χ1v) is 8.04. The predicted molar refractivity (Wildman–Crippen MR) is 89.0 cm³/mol. The summed E-state index contributed by atoms with van der Waals surface area (Å²) in [5.74, 6) is -0.0980. The molecule has 0 radical (unpaired) electrons. The summed E-state index contributed by atoms with van der Waals surface area (Å²) in [7, 11) is 1.63. The molecule has 2 aromatic rings. The lowest BCUT2D eigenvalue weighted by Crippen LogP contribution is -2.26. The van der Waals surface area contributed by atoms with Crippen LogP contribution in [0.25, 0.3) is 0 Å². The first-order chi connectivity index (χ1) is 10.8. The topological polar surface area (TPSA) is 29.5 Å². The van der Waals surface area contributed by atoms with Crippen molar-refractivity contribution in [3.05, 3.63) is 45.6 Å². The molecule has 0 fully saturated rings. The average Bonchev–Trinajstić information content (AvgIpc) is 2.85. The molecular weight excluding hydrogens is 320 g/mol. The second-order valence-electron chi connectivity index (χ2n) is 5.54. The molecule has 0 bridgehead atoms. The fourth-order valence-electron chi connectivity index (χ4n) is 2.19. The number of hydrogen-bond donors (Lipinski definition) is 0. The average molecular weight is 339 g/mol. The number of anilines is 1. The maximum absolute atomic E-state index is 12.7. The van der Waals surface area contributed by atoms with Crippen LogP contribution < -0.4 is 9.64 Å². The van der Waals surface area contributed by atoms with Crippen molar-refractivity contribution >= 4 is 22.9 Å². The molecule has 0 saturated heterocycles. The van der Waals surface area contributed by atoms with Crippen molar-refractivity contribution in [3.8, 4) is 5.75 Å². The minimum Gasteiger partial charge on any atom is -0.433 e. The van der Waals surface area contributed by atoms with Crippen LogP contribution in [0.3, 0.4) is 0 Å². The Morgan fingerprint density at radius 2 is 1.96 bits per heavy atom. The lowest BCUT2D eigenvalue weighted by atomic mass is 10.0. The SMILES string of the molecule is Cc1cc(OC(F)F)c(C(=O)N(C)c2cccc(C(C)C)c2)s1. The van der Waals surface area contributed by atoms with Gasteiger partial charge >= 0.3 is 6.61 Å². The van der Waals surface area contributed by atoms with E-state index in [1.165, 1.54) is 11.0 Å². The van der Waals surface area contributed by atoms with Crippen molar-refractivity contribution in [3.63, 3.8) is 0 Å². The molecule has 124 valence electrons. The zero-order valence-corrected chi connectivity index (χ0v) is 14.3. The largest absolute Gasteiger partial charge is 0.433 e. The highest BCUT2D eigenvalue weighted by Gasteiger charge is 2.23. The van der Waals surface area contributed by atoms with E-state index in [0.29, 0.717) is 5.92 Å². The van der Waals surface area contributed by atoms with Gasteiger partial charge in [0, 0.05) is 17.6 Å². The van der Waals surface area contributed by atoms with E-state index in [0.717, 1.165) is 27.5 Å². The van der Waals surface area contributed by atoms with Gasteiger partial charge in [-0.2, -0.15) is 8.78 Å². The number of halogens is 2. The maximum Gasteiger partial charge on any atom is 0.387 e. The Labute approximate surface area is 138 Å². The third-order valence-electron chi connectivity index (χ3n) is 3.46. The van der Waals surface area contributed by atoms with Gasteiger partial charge in [0.05, 0.1) is 0 Å². The summed E-state index contributed by atoms with van der Waals surface area (Å²) in [6.07, 6.45) is 0. The van der Waals surface area contributed by atoms with E-state index in [2.05, 4.69) is 18.6 Å². The fourth-order valence-corrected chi connectivity index (χ4v) is 3.11. The van der Waals surface area contributed by atoms with Crippen LogP contribution in [0.15, 0.2) is 30.3 Å². The molecule has 3 nitrogen and oxygen atoms in total. The number of alkyl halides is 2. The summed E-state index contributed by atoms with van der Waals surface area (Å²) in [6.45, 7) is 2.93. The van der Waals surface area contributed by atoms with E-state index in [4.69, 9.17) is 0 Å². The van der Waals surface area contributed by atoms with Crippen molar-refractivity contribution in [2.75, 3.05) is 11.9 Å². The number of rotatable bonds is 5. The molecular formula is C17H19F2NO2S. The van der Waals surface area contributed by atoms with Gasteiger partial charge in [-0.05, 0) is 36.6 Å². The molecule has 0 aliphatic heterocycles. The van der Waals surface area contributed by atoms with Gasteiger partial charge in [0.25, 0.3) is 5.91 Å². The van der Waals surface area contributed by atoms with E-state index in [-0.39, 0.29) is 16.5 Å². The molecule has 0 unspecified atom stereocenters. The maximum atomic E-state index is 12.7. The Bertz CT molecular complexity index is 698. The molecule has 6 heteroatoms. The molecule has 2 rings (SSSR count). The number of hydrogen-bond acceptors (Lipinski definition) is 3. The smallest absolute Gasteiger partial charge is 0.387 e. The summed E-state index contributed by atoms with van der Waals surface area (Å²) in [5.41, 5.74) is 1.82. The van der Waals surface area contributed by atoms with Gasteiger partial charge in [-0.1, -0.05) is 26.0 Å². The van der Waals surface area contributed by atoms with Gasteiger partial charge in [-0.25, -0.2) is 0 Å². The van der Waals surface area contributed by atoms with E-state index in [9.17, 15) is 13.6 Å². The lowest BCUT2D eigenvalue weighted by molar-refractivity contribution is -0.0498. The van der Waals surface area contributed by atoms with E-state index < -0.39 is 6.61 Å². The normalized spacial score (nSPS) is 11.1. The fraction of sp³-hybridized carbons (Fsp3) is 0.353. The van der Waals surface area contributed by atoms with E-state index in [1.807, 2.05) is 24.3 Å². The minimum absolute atomic E-state index is 0.0700. The summed E-state index contributed by atoms with van der Waals surface area (Å²) in [5, 5.41) is 0. The summed E-state index contributed by atoms with van der Waals surface area (Å²) >= 11 is 1.15. The van der Waals surface area contributed by atoms with Crippen LogP contribution in [0.1, 0.15) is 39.9 Å². The van der Waals surface area contributed by atoms with Crippen LogP contribution in [0.4, 0.5) is 14.5 Å². The summed E-state index contributed by atoms with van der Waals surface area (Å²) in [4.78, 5) is 15.0. The summed E-state index contributed by atoms with van der Waals surface area (Å²) < 4.78 is 29.5. The number of thiophene rings is 1. The number of carbonyl (C=O) groups is 1. The second-order valence-corrected chi connectivity index (χ2v) is 6.80. The molecule has 23 heavy (non-hydrogen) atoms. The van der Waals surface area contributed by atoms with Crippen molar-refractivity contribution in [2.45, 2.75) is 33.3 Å². The van der Waals surface area contributed by atoms with Crippen LogP contribution in [-0.2, 0) is 0 Å². The van der Waals surface area contributed by atoms with Crippen molar-refractivity contribution < 1.29 is 18.3 Å². The van der Waals surface area contributed by atoms with Crippen molar-refractivity contribution in [1.82, 2.24) is 0 Å². The van der Waals surface area contributed by atoms with Gasteiger partial charge in [0.2, 0.25) is 0 Å². The van der Waals surface area contributed by atoms with E-state index in [1.54, 1.807) is 14.0 Å². The highest BCUT2D eigenvalue weighted by Crippen LogP contribution is 2.32. The summed E-state index contributed by atoms with van der Waals surface area (Å²) in [6, 6.07) is 9.08. The van der Waals surface area contributed by atoms with Crippen molar-refractivity contribution in [2.24, 2.45) is 0 Å². The Balaban J connectivity index is 2.31. The number of carbonyl (C=O) groups excluding carboxylic acids is 1. The Hall–Kier alpha value is -1.95. The Morgan fingerprint density at radius 1 is 1.26 bits per heavy atom. The van der Waals surface area contributed by atoms with Crippen LogP contribution in [-0.4, -0.2) is 19.6 Å². The first-order valence-electron chi connectivity index (χ1n) is 7.23. The molecule has 1 aromatic heterocycles. The molecule has 1 amide bonds. The molecule has 0 saturated carbocycles. The number of amides is 1. The molecule has 0 N–H and O–H groups in total. The molecule has 1 aromatic carbocycles. The standard InChI is InChI=1S/C17H19F2NO2S/c1-10(2)12-6-5-7-13(9-12)20(4)16(21)15-14(22-17(18)19)8-11(3)23-15/h5-10,17H,1-4H3. The predicted octanol–water partition coefficient (Wildman–Crippen LogP) is 5.06. The molecule has 0 atom stereocenters. The second kappa shape index (κ2) is 7.08. The quantitative estimate of drug-likeness (QED) is 0.762. The highest BCUT2D eigenvalue weighted by atomic mass is 32.1. The Kier molecular flexibility index (Phi) is 5.36. The number of benzene rings is 1. The number of aryl methyl sites for hydroxylation is 1. The van der Waals surface area contributed by atoms with Crippen LogP contribution in [0.2, 0.25) is 0 Å². The number of ether oxygens (including phenoxy) is 1. The van der Waals surface area contributed by atoms with Crippen molar-refractivity contribution in [1.29, 1.82) is 0 Å². The zero-order valence-electron chi connectivity index (χ0n) is 13.5. The van der Waals surface area contributed by atoms with Crippen LogP contribution in [0, 0.1) is 6.92 Å². The zero-order chi connectivity index (χ0) is 17.1. The first kappa shape index (κ1) is 17.4. The lowest BCUT2D eigenvalue weighted by Gasteiger charge is -2.19. The molecule has 1 heterocycles. The molecule has 0 aliphatic rings. The molecule has 0 spiro atoms. The van der Waals surface area contributed by atoms with Crippen LogP contribution >= 0.6 is 11.3 Å². The van der Waals surface area contributed by atoms with Gasteiger partial charge in [0.1, 0.15) is 10.6 Å². The van der Waals surface area contributed by atoms with Gasteiger partial charge in [-0.3, -0.25) is 4.79 Å². The Morgan fingerprint density at radius 3 is 2.57 bits per heavy atom. The molecule has 0 aliphatic carbocycles. The van der Waals surface area contributed by atoms with Gasteiger partial charge in [0.15, 0.2) is 0 Å². The van der Waals surface area contributed by atoms with Gasteiger partial charge in [-0.15, -0.1) is 11.3 Å². The van der Waals surface area contributed by atoms with Gasteiger partial charge < -0.3 is 9.64 Å². The minimum atomic E-state index is -2.95. The van der Waals surface area contributed by atoms with E-state index >= 15 is 0 Å². The number of nitrogens with zero attached hydrogens (tertiary/aromatic N) is 1.